The lowest BCUT2D eigenvalue weighted by atomic mass is 10.2. The normalized spacial score (nSPS) is 10.3. The molecule has 3 rings (SSSR count). The Morgan fingerprint density at radius 3 is 2.61 bits per heavy atom. The molecule has 0 aliphatic carbocycles. The molecule has 0 fully saturated rings. The lowest BCUT2D eigenvalue weighted by Gasteiger charge is -2.09. The first-order chi connectivity index (χ1) is 13.6. The van der Waals surface area contributed by atoms with E-state index in [-0.39, 0.29) is 24.9 Å². The molecule has 0 aliphatic rings. The van der Waals surface area contributed by atoms with Crippen molar-refractivity contribution in [1.29, 1.82) is 0 Å². The van der Waals surface area contributed by atoms with Crippen LogP contribution in [0.1, 0.15) is 17.8 Å². The molecule has 144 valence electrons. The molecule has 0 bridgehead atoms. The van der Waals surface area contributed by atoms with E-state index in [4.69, 9.17) is 0 Å². The molecule has 2 aromatic heterocycles. The highest BCUT2D eigenvalue weighted by Crippen LogP contribution is 2.09. The number of carbonyl (C=O) groups is 2. The molecule has 0 atom stereocenters. The van der Waals surface area contributed by atoms with E-state index >= 15 is 0 Å². The molecule has 2 heterocycles. The minimum absolute atomic E-state index is 0.141. The molecular weight excluding hydrogens is 356 g/mol. The lowest BCUT2D eigenvalue weighted by Crippen LogP contribution is -2.33. The lowest BCUT2D eigenvalue weighted by molar-refractivity contribution is -0.121. The van der Waals surface area contributed by atoms with E-state index in [0.717, 1.165) is 17.2 Å². The maximum absolute atomic E-state index is 12.0. The van der Waals surface area contributed by atoms with Crippen molar-refractivity contribution in [2.75, 3.05) is 11.9 Å². The molecule has 8 nitrogen and oxygen atoms in total. The molecule has 1 aromatic carbocycles. The quantitative estimate of drug-likeness (QED) is 0.588. The number of carbonyl (C=O) groups excluding carboxylic acids is 2. The van der Waals surface area contributed by atoms with Crippen LogP contribution in [0.4, 0.5) is 10.5 Å². The molecule has 0 radical (unpaired) electrons. The number of nitrogens with one attached hydrogen (secondary N) is 3. The maximum atomic E-state index is 12.0. The van der Waals surface area contributed by atoms with E-state index in [1.807, 2.05) is 48.0 Å². The monoisotopic (exact) mass is 378 g/mol. The Morgan fingerprint density at radius 1 is 1.04 bits per heavy atom. The van der Waals surface area contributed by atoms with Crippen LogP contribution < -0.4 is 16.0 Å². The van der Waals surface area contributed by atoms with Crippen molar-refractivity contribution in [3.8, 4) is 5.82 Å². The minimum atomic E-state index is -0.339. The zero-order chi connectivity index (χ0) is 19.8. The molecular formula is C20H22N6O2. The minimum Gasteiger partial charge on any atom is -0.352 e. The van der Waals surface area contributed by atoms with Crippen LogP contribution in [0.2, 0.25) is 0 Å². The smallest absolute Gasteiger partial charge is 0.319 e. The number of imidazole rings is 1. The van der Waals surface area contributed by atoms with Crippen molar-refractivity contribution < 1.29 is 9.59 Å². The predicted molar refractivity (Wildman–Crippen MR) is 106 cm³/mol. The fraction of sp³-hybridized carbons (Fsp3) is 0.200. The highest BCUT2D eigenvalue weighted by Gasteiger charge is 2.06. The Balaban J connectivity index is 1.41. The first-order valence-electron chi connectivity index (χ1n) is 8.93. The summed E-state index contributed by atoms with van der Waals surface area (Å²) in [6, 6.07) is 12.5. The van der Waals surface area contributed by atoms with Gasteiger partial charge in [0.05, 0.1) is 0 Å². The molecule has 0 aliphatic heterocycles. The topological polar surface area (TPSA) is 101 Å². The maximum Gasteiger partial charge on any atom is 0.319 e. The Bertz CT molecular complexity index is 939. The van der Waals surface area contributed by atoms with Gasteiger partial charge in [-0.05, 0) is 36.8 Å². The number of urea groups is 1. The fourth-order valence-electron chi connectivity index (χ4n) is 2.60. The summed E-state index contributed by atoms with van der Waals surface area (Å²) in [5, 5.41) is 8.21. The van der Waals surface area contributed by atoms with Gasteiger partial charge in [0.25, 0.3) is 0 Å². The summed E-state index contributed by atoms with van der Waals surface area (Å²) in [5.74, 6) is 1.45. The molecule has 28 heavy (non-hydrogen) atoms. The number of hydrogen-bond acceptors (Lipinski definition) is 4. The largest absolute Gasteiger partial charge is 0.352 e. The van der Waals surface area contributed by atoms with Gasteiger partial charge in [-0.1, -0.05) is 18.2 Å². The van der Waals surface area contributed by atoms with Crippen LogP contribution in [-0.4, -0.2) is 33.0 Å². The number of pyridine rings is 1. The van der Waals surface area contributed by atoms with Crippen molar-refractivity contribution in [3.63, 3.8) is 0 Å². The summed E-state index contributed by atoms with van der Waals surface area (Å²) in [7, 11) is 0. The number of para-hydroxylation sites is 1. The van der Waals surface area contributed by atoms with Gasteiger partial charge in [-0.25, -0.2) is 14.8 Å². The van der Waals surface area contributed by atoms with E-state index in [1.54, 1.807) is 24.5 Å². The number of hydrogen-bond donors (Lipinski definition) is 3. The van der Waals surface area contributed by atoms with Crippen LogP contribution >= 0.6 is 0 Å². The number of aryl methyl sites for hydroxylation is 1. The first kappa shape index (κ1) is 19.1. The van der Waals surface area contributed by atoms with E-state index in [2.05, 4.69) is 25.9 Å². The van der Waals surface area contributed by atoms with E-state index in [9.17, 15) is 9.59 Å². The number of rotatable bonds is 7. The second-order valence-electron chi connectivity index (χ2n) is 6.14. The van der Waals surface area contributed by atoms with Gasteiger partial charge < -0.3 is 16.0 Å². The van der Waals surface area contributed by atoms with Crippen molar-refractivity contribution in [2.45, 2.75) is 19.9 Å². The average molecular weight is 378 g/mol. The molecule has 3 N–H and O–H groups in total. The van der Waals surface area contributed by atoms with Gasteiger partial charge in [0.15, 0.2) is 0 Å². The SMILES string of the molecule is Cc1nccn1-c1cc(CNC(=O)CCNC(=O)Nc2ccccc2)ccn1. The van der Waals surface area contributed by atoms with Gasteiger partial charge in [0, 0.05) is 43.8 Å². The predicted octanol–water partition coefficient (Wildman–Crippen LogP) is 2.40. The first-order valence-corrected chi connectivity index (χ1v) is 8.93. The zero-order valence-corrected chi connectivity index (χ0v) is 15.6. The average Bonchev–Trinajstić information content (AvgIpc) is 3.13. The second-order valence-corrected chi connectivity index (χ2v) is 6.14. The third-order valence-corrected chi connectivity index (χ3v) is 4.04. The van der Waals surface area contributed by atoms with Gasteiger partial charge in [0.1, 0.15) is 11.6 Å². The zero-order valence-electron chi connectivity index (χ0n) is 15.6. The number of aromatic nitrogens is 3. The number of benzene rings is 1. The Labute approximate surface area is 163 Å². The van der Waals surface area contributed by atoms with Crippen LogP contribution in [0, 0.1) is 6.92 Å². The summed E-state index contributed by atoms with van der Waals surface area (Å²) < 4.78 is 1.88. The van der Waals surface area contributed by atoms with Crippen molar-refractivity contribution >= 4 is 17.6 Å². The summed E-state index contributed by atoms with van der Waals surface area (Å²) >= 11 is 0. The van der Waals surface area contributed by atoms with Crippen molar-refractivity contribution in [3.05, 3.63) is 72.4 Å². The molecule has 8 heteroatoms. The summed E-state index contributed by atoms with van der Waals surface area (Å²) in [4.78, 5) is 32.3. The Kier molecular flexibility index (Phi) is 6.35. The molecule has 0 spiro atoms. The third kappa shape index (κ3) is 5.41. The van der Waals surface area contributed by atoms with Crippen LogP contribution in [0.3, 0.4) is 0 Å². The van der Waals surface area contributed by atoms with Gasteiger partial charge in [-0.3, -0.25) is 9.36 Å². The van der Waals surface area contributed by atoms with Crippen LogP contribution in [0.25, 0.3) is 5.82 Å². The van der Waals surface area contributed by atoms with E-state index in [1.165, 1.54) is 0 Å². The summed E-state index contributed by atoms with van der Waals surface area (Å²) in [6.07, 6.45) is 5.45. The Morgan fingerprint density at radius 2 is 1.86 bits per heavy atom. The van der Waals surface area contributed by atoms with Gasteiger partial charge in [-0.15, -0.1) is 0 Å². The summed E-state index contributed by atoms with van der Waals surface area (Å²) in [5.41, 5.74) is 1.63. The Hall–Kier alpha value is -3.68. The van der Waals surface area contributed by atoms with Crippen LogP contribution in [-0.2, 0) is 11.3 Å². The summed E-state index contributed by atoms with van der Waals surface area (Å²) in [6.45, 7) is 2.54. The van der Waals surface area contributed by atoms with Gasteiger partial charge in [0.2, 0.25) is 5.91 Å². The van der Waals surface area contributed by atoms with Crippen LogP contribution in [0.5, 0.6) is 0 Å². The molecule has 3 amide bonds. The molecule has 0 unspecified atom stereocenters. The molecule has 0 saturated carbocycles. The standard InChI is InChI=1S/C20H22N6O2/c1-15-21-11-12-26(15)18-13-16(7-9-22-18)14-24-19(27)8-10-23-20(28)25-17-5-3-2-4-6-17/h2-7,9,11-13H,8,10,14H2,1H3,(H,24,27)(H2,23,25,28). The molecule has 3 aromatic rings. The highest BCUT2D eigenvalue weighted by atomic mass is 16.2. The highest BCUT2D eigenvalue weighted by molar-refractivity contribution is 5.89. The van der Waals surface area contributed by atoms with Crippen molar-refractivity contribution in [2.24, 2.45) is 0 Å². The fourth-order valence-corrected chi connectivity index (χ4v) is 2.60. The number of nitrogens with zero attached hydrogens (tertiary/aromatic N) is 3. The van der Waals surface area contributed by atoms with Gasteiger partial charge >= 0.3 is 6.03 Å². The molecule has 0 saturated heterocycles. The number of anilines is 1. The van der Waals surface area contributed by atoms with E-state index in [0.29, 0.717) is 12.2 Å². The van der Waals surface area contributed by atoms with Crippen LogP contribution in [0.15, 0.2) is 61.1 Å². The third-order valence-electron chi connectivity index (χ3n) is 4.04. The van der Waals surface area contributed by atoms with Gasteiger partial charge in [-0.2, -0.15) is 0 Å². The van der Waals surface area contributed by atoms with Crippen molar-refractivity contribution in [1.82, 2.24) is 25.2 Å². The number of amides is 3. The van der Waals surface area contributed by atoms with E-state index < -0.39 is 0 Å². The second kappa shape index (κ2) is 9.31.